The third-order valence-electron chi connectivity index (χ3n) is 5.29. The number of rotatable bonds is 7. The van der Waals surface area contributed by atoms with E-state index >= 15 is 0 Å². The molecule has 1 amide bonds. The van der Waals surface area contributed by atoms with E-state index in [-0.39, 0.29) is 16.7 Å². The van der Waals surface area contributed by atoms with Gasteiger partial charge in [-0.15, -0.1) is 0 Å². The molecule has 31 heavy (non-hydrogen) atoms. The van der Waals surface area contributed by atoms with Gasteiger partial charge in [-0.2, -0.15) is 0 Å². The summed E-state index contributed by atoms with van der Waals surface area (Å²) < 4.78 is 34.2. The number of benzene rings is 2. The van der Waals surface area contributed by atoms with Crippen LogP contribution in [0.15, 0.2) is 47.4 Å². The summed E-state index contributed by atoms with van der Waals surface area (Å²) >= 11 is 1.38. The van der Waals surface area contributed by atoms with Crippen LogP contribution in [0.3, 0.4) is 0 Å². The number of aromatic nitrogens is 1. The normalized spacial score (nSPS) is 15.0. The van der Waals surface area contributed by atoms with Gasteiger partial charge in [-0.05, 0) is 62.2 Å². The molecule has 7 nitrogen and oxygen atoms in total. The number of carbonyl (C=O) groups is 1. The van der Waals surface area contributed by atoms with Gasteiger partial charge in [0.25, 0.3) is 10.0 Å². The number of amides is 1. The molecule has 1 fully saturated rings. The van der Waals surface area contributed by atoms with Crippen LogP contribution in [0.1, 0.15) is 39.0 Å². The third-order valence-corrected chi connectivity index (χ3v) is 7.64. The average molecular weight is 460 g/mol. The molecule has 1 saturated carbocycles. The van der Waals surface area contributed by atoms with E-state index < -0.39 is 10.0 Å². The molecule has 1 aliphatic rings. The van der Waals surface area contributed by atoms with E-state index in [2.05, 4.69) is 15.0 Å². The topological polar surface area (TPSA) is 97.4 Å². The summed E-state index contributed by atoms with van der Waals surface area (Å²) in [6, 6.07) is 11.4. The predicted octanol–water partition coefficient (Wildman–Crippen LogP) is 5.01. The number of anilines is 2. The van der Waals surface area contributed by atoms with Crippen molar-refractivity contribution in [3.8, 4) is 5.75 Å². The fraction of sp³-hybridized carbons (Fsp3) is 0.364. The van der Waals surface area contributed by atoms with Crippen LogP contribution in [0.2, 0.25) is 0 Å². The lowest BCUT2D eigenvalue weighted by molar-refractivity contribution is -0.120. The molecule has 3 aromatic rings. The molecule has 0 saturated heterocycles. The first-order chi connectivity index (χ1) is 14.9. The van der Waals surface area contributed by atoms with Crippen LogP contribution in [0.5, 0.6) is 5.75 Å². The summed E-state index contributed by atoms with van der Waals surface area (Å²) in [7, 11) is -3.74. The highest BCUT2D eigenvalue weighted by atomic mass is 32.2. The van der Waals surface area contributed by atoms with Crippen LogP contribution in [0.25, 0.3) is 10.2 Å². The van der Waals surface area contributed by atoms with E-state index in [0.717, 1.165) is 30.4 Å². The number of sulfonamides is 1. The van der Waals surface area contributed by atoms with Crippen molar-refractivity contribution in [3.63, 3.8) is 0 Å². The number of carbonyl (C=O) groups excluding carboxylic acids is 1. The van der Waals surface area contributed by atoms with Crippen LogP contribution in [0, 0.1) is 5.92 Å². The number of thiazole rings is 1. The summed E-state index contributed by atoms with van der Waals surface area (Å²) in [5.41, 5.74) is 1.05. The highest BCUT2D eigenvalue weighted by Gasteiger charge is 2.22. The van der Waals surface area contributed by atoms with Crippen molar-refractivity contribution in [2.75, 3.05) is 16.6 Å². The first-order valence-corrected chi connectivity index (χ1v) is 12.7. The molecule has 2 N–H and O–H groups in total. The molecular formula is C22H25N3O4S2. The Morgan fingerprint density at radius 3 is 2.58 bits per heavy atom. The minimum atomic E-state index is -3.74. The zero-order valence-electron chi connectivity index (χ0n) is 17.3. The van der Waals surface area contributed by atoms with Gasteiger partial charge >= 0.3 is 0 Å². The number of fused-ring (bicyclic) bond motifs is 1. The fourth-order valence-corrected chi connectivity index (χ4v) is 5.61. The number of ether oxygens (including phenoxy) is 1. The Bertz CT molecular complexity index is 1170. The van der Waals surface area contributed by atoms with E-state index in [1.165, 1.54) is 29.9 Å². The maximum atomic E-state index is 12.7. The van der Waals surface area contributed by atoms with E-state index in [9.17, 15) is 13.2 Å². The lowest BCUT2D eigenvalue weighted by Gasteiger charge is -2.19. The first-order valence-electron chi connectivity index (χ1n) is 10.4. The Balaban J connectivity index is 1.47. The maximum Gasteiger partial charge on any atom is 0.261 e. The van der Waals surface area contributed by atoms with E-state index in [4.69, 9.17) is 4.74 Å². The van der Waals surface area contributed by atoms with Gasteiger partial charge in [0.1, 0.15) is 5.75 Å². The summed E-state index contributed by atoms with van der Waals surface area (Å²) in [6.07, 6.45) is 5.23. The largest absolute Gasteiger partial charge is 0.494 e. The smallest absolute Gasteiger partial charge is 0.261 e. The Hall–Kier alpha value is -2.65. The Labute approximate surface area is 185 Å². The molecule has 0 bridgehead atoms. The van der Waals surface area contributed by atoms with Crippen molar-refractivity contribution < 1.29 is 17.9 Å². The molecule has 4 rings (SSSR count). The Morgan fingerprint density at radius 2 is 1.87 bits per heavy atom. The van der Waals surface area contributed by atoms with Crippen LogP contribution in [-0.2, 0) is 14.8 Å². The molecule has 0 radical (unpaired) electrons. The van der Waals surface area contributed by atoms with Crippen molar-refractivity contribution in [3.05, 3.63) is 42.5 Å². The van der Waals surface area contributed by atoms with E-state index in [1.807, 2.05) is 6.92 Å². The SMILES string of the molecule is CCOc1ccc(S(=O)(=O)Nc2ccc3sc(NC(=O)C4CCCCC4)nc3c2)cc1. The van der Waals surface area contributed by atoms with Crippen molar-refractivity contribution in [1.29, 1.82) is 0 Å². The van der Waals surface area contributed by atoms with Gasteiger partial charge in [-0.3, -0.25) is 9.52 Å². The van der Waals surface area contributed by atoms with Crippen molar-refractivity contribution >= 4 is 48.3 Å². The van der Waals surface area contributed by atoms with Gasteiger partial charge in [-0.25, -0.2) is 13.4 Å². The second-order valence-corrected chi connectivity index (χ2v) is 10.2. The summed E-state index contributed by atoms with van der Waals surface area (Å²) in [4.78, 5) is 17.1. The minimum absolute atomic E-state index is 0.0233. The number of nitrogens with one attached hydrogen (secondary N) is 2. The predicted molar refractivity (Wildman–Crippen MR) is 123 cm³/mol. The number of hydrogen-bond acceptors (Lipinski definition) is 6. The standard InChI is InChI=1S/C22H25N3O4S2/c1-2-29-17-9-11-18(12-10-17)31(27,28)25-16-8-13-20-19(14-16)23-22(30-20)24-21(26)15-6-4-3-5-7-15/h8-15,25H,2-7H2,1H3,(H,23,24,26). The third kappa shape index (κ3) is 5.16. The second kappa shape index (κ2) is 9.23. The van der Waals surface area contributed by atoms with Crippen molar-refractivity contribution in [2.24, 2.45) is 5.92 Å². The Kier molecular flexibility index (Phi) is 6.43. The van der Waals surface area contributed by atoms with Crippen LogP contribution < -0.4 is 14.8 Å². The zero-order chi connectivity index (χ0) is 21.8. The highest BCUT2D eigenvalue weighted by Crippen LogP contribution is 2.31. The molecule has 1 heterocycles. The zero-order valence-corrected chi connectivity index (χ0v) is 18.9. The molecule has 2 aromatic carbocycles. The fourth-order valence-electron chi connectivity index (χ4n) is 3.71. The van der Waals surface area contributed by atoms with Gasteiger partial charge in [0.15, 0.2) is 5.13 Å². The first kappa shape index (κ1) is 21.6. The van der Waals surface area contributed by atoms with Crippen LogP contribution in [-0.4, -0.2) is 25.9 Å². The summed E-state index contributed by atoms with van der Waals surface area (Å²) in [5.74, 6) is 0.695. The average Bonchev–Trinajstić information content (AvgIpc) is 3.16. The van der Waals surface area contributed by atoms with Gasteiger partial charge in [0.2, 0.25) is 5.91 Å². The quantitative estimate of drug-likeness (QED) is 0.517. The maximum absolute atomic E-state index is 12.7. The van der Waals surface area contributed by atoms with Crippen molar-refractivity contribution in [1.82, 2.24) is 4.98 Å². The number of nitrogens with zero attached hydrogens (tertiary/aromatic N) is 1. The molecule has 0 atom stereocenters. The second-order valence-electron chi connectivity index (χ2n) is 7.54. The summed E-state index contributed by atoms with van der Waals surface area (Å²) in [6.45, 7) is 2.38. The van der Waals surface area contributed by atoms with E-state index in [0.29, 0.717) is 28.7 Å². The van der Waals surface area contributed by atoms with Gasteiger partial charge in [0.05, 0.1) is 27.4 Å². The van der Waals surface area contributed by atoms with Crippen molar-refractivity contribution in [2.45, 2.75) is 43.9 Å². The summed E-state index contributed by atoms with van der Waals surface area (Å²) in [5, 5.41) is 3.47. The molecule has 0 unspecified atom stereocenters. The molecule has 164 valence electrons. The molecule has 0 aliphatic heterocycles. The van der Waals surface area contributed by atoms with Crippen LogP contribution in [0.4, 0.5) is 10.8 Å². The number of hydrogen-bond donors (Lipinski definition) is 2. The van der Waals surface area contributed by atoms with Gasteiger partial charge in [-0.1, -0.05) is 30.6 Å². The molecule has 0 spiro atoms. The Morgan fingerprint density at radius 1 is 1.13 bits per heavy atom. The molecule has 1 aromatic heterocycles. The molecule has 1 aliphatic carbocycles. The molecular weight excluding hydrogens is 434 g/mol. The molecule has 9 heteroatoms. The van der Waals surface area contributed by atoms with Gasteiger partial charge < -0.3 is 10.1 Å². The van der Waals surface area contributed by atoms with Crippen LogP contribution >= 0.6 is 11.3 Å². The van der Waals surface area contributed by atoms with E-state index in [1.54, 1.807) is 30.3 Å². The highest BCUT2D eigenvalue weighted by molar-refractivity contribution is 7.92. The lowest BCUT2D eigenvalue weighted by Crippen LogP contribution is -2.24. The van der Waals surface area contributed by atoms with Gasteiger partial charge in [0, 0.05) is 5.92 Å². The lowest BCUT2D eigenvalue weighted by atomic mass is 9.89. The minimum Gasteiger partial charge on any atom is -0.494 e. The monoisotopic (exact) mass is 459 g/mol.